The molecule has 1 amide bonds. The molecule has 102 valence electrons. The number of hydrogen-bond donors (Lipinski definition) is 2. The van der Waals surface area contributed by atoms with Gasteiger partial charge in [-0.25, -0.2) is 4.98 Å². The first-order valence-electron chi connectivity index (χ1n) is 6.75. The zero-order valence-corrected chi connectivity index (χ0v) is 12.6. The Balaban J connectivity index is 1.66. The molecule has 2 fully saturated rings. The van der Waals surface area contributed by atoms with Crippen LogP contribution in [0.15, 0.2) is 16.7 Å². The molecule has 0 bridgehead atoms. The molecular formula is C14H18BrN3O. The lowest BCUT2D eigenvalue weighted by molar-refractivity contribution is -0.118. The molecule has 0 radical (unpaired) electrons. The predicted octanol–water partition coefficient (Wildman–Crippen LogP) is 2.48. The number of carbonyl (C=O) groups is 1. The first-order valence-corrected chi connectivity index (χ1v) is 7.55. The molecule has 0 aromatic carbocycles. The second-order valence-corrected chi connectivity index (χ2v) is 6.44. The van der Waals surface area contributed by atoms with Crippen molar-refractivity contribution < 1.29 is 4.79 Å². The second kappa shape index (κ2) is 4.87. The fourth-order valence-corrected chi connectivity index (χ4v) is 3.48. The van der Waals surface area contributed by atoms with Crippen molar-refractivity contribution in [1.29, 1.82) is 0 Å². The minimum Gasteiger partial charge on any atom is -0.324 e. The van der Waals surface area contributed by atoms with Crippen molar-refractivity contribution in [3.63, 3.8) is 0 Å². The molecule has 1 spiro atoms. The highest BCUT2D eigenvalue weighted by molar-refractivity contribution is 9.10. The number of aryl methyl sites for hydroxylation is 1. The maximum Gasteiger partial charge on any atom is 0.228 e. The zero-order valence-electron chi connectivity index (χ0n) is 11.0. The molecular weight excluding hydrogens is 306 g/mol. The molecule has 1 saturated carbocycles. The van der Waals surface area contributed by atoms with Gasteiger partial charge in [0.05, 0.1) is 11.4 Å². The number of aromatic nitrogens is 1. The van der Waals surface area contributed by atoms with Crippen molar-refractivity contribution in [3.05, 3.63) is 22.4 Å². The Morgan fingerprint density at radius 2 is 2.21 bits per heavy atom. The van der Waals surface area contributed by atoms with Gasteiger partial charge in [0.15, 0.2) is 0 Å². The van der Waals surface area contributed by atoms with Crippen molar-refractivity contribution in [3.8, 4) is 0 Å². The van der Waals surface area contributed by atoms with Crippen LogP contribution in [-0.4, -0.2) is 24.0 Å². The van der Waals surface area contributed by atoms with Crippen LogP contribution in [-0.2, 0) is 4.79 Å². The minimum atomic E-state index is 0.161. The molecule has 5 heteroatoms. The van der Waals surface area contributed by atoms with Crippen LogP contribution in [0.1, 0.15) is 25.0 Å². The maximum atomic E-state index is 12.3. The van der Waals surface area contributed by atoms with E-state index in [9.17, 15) is 4.79 Å². The van der Waals surface area contributed by atoms with Crippen LogP contribution >= 0.6 is 15.9 Å². The average Bonchev–Trinajstić information content (AvgIpc) is 3.07. The molecule has 3 rings (SSSR count). The van der Waals surface area contributed by atoms with Gasteiger partial charge >= 0.3 is 0 Å². The number of piperidine rings is 1. The Morgan fingerprint density at radius 3 is 2.89 bits per heavy atom. The van der Waals surface area contributed by atoms with E-state index in [1.54, 1.807) is 0 Å². The predicted molar refractivity (Wildman–Crippen MR) is 77.9 cm³/mol. The van der Waals surface area contributed by atoms with Gasteiger partial charge in [-0.05, 0) is 72.8 Å². The monoisotopic (exact) mass is 323 g/mol. The van der Waals surface area contributed by atoms with E-state index < -0.39 is 0 Å². The Kier molecular flexibility index (Phi) is 3.35. The van der Waals surface area contributed by atoms with Gasteiger partial charge < -0.3 is 10.6 Å². The van der Waals surface area contributed by atoms with Crippen LogP contribution in [0, 0.1) is 18.3 Å². The number of halogens is 1. The van der Waals surface area contributed by atoms with Crippen LogP contribution in [0.5, 0.6) is 0 Å². The first kappa shape index (κ1) is 13.1. The van der Waals surface area contributed by atoms with Gasteiger partial charge in [-0.15, -0.1) is 0 Å². The highest BCUT2D eigenvalue weighted by Crippen LogP contribution is 2.58. The van der Waals surface area contributed by atoms with Gasteiger partial charge in [-0.2, -0.15) is 0 Å². The van der Waals surface area contributed by atoms with E-state index in [4.69, 9.17) is 0 Å². The number of amides is 1. The number of rotatable bonds is 2. The fraction of sp³-hybridized carbons (Fsp3) is 0.571. The maximum absolute atomic E-state index is 12.3. The number of anilines is 1. The minimum absolute atomic E-state index is 0.161. The fourth-order valence-electron chi connectivity index (χ4n) is 3.08. The van der Waals surface area contributed by atoms with Crippen molar-refractivity contribution in [1.82, 2.24) is 10.3 Å². The van der Waals surface area contributed by atoms with Crippen LogP contribution in [0.3, 0.4) is 0 Å². The van der Waals surface area contributed by atoms with Gasteiger partial charge in [-0.1, -0.05) is 0 Å². The third kappa shape index (κ3) is 2.54. The number of carbonyl (C=O) groups excluding carboxylic acids is 1. The SMILES string of the molecule is Cc1nc(Br)ccc1NC(=O)C1CC12CCNCC2. The lowest BCUT2D eigenvalue weighted by Crippen LogP contribution is -2.31. The molecule has 2 aliphatic rings. The van der Waals surface area contributed by atoms with Gasteiger partial charge in [0.1, 0.15) is 4.60 Å². The Labute approximate surface area is 121 Å². The van der Waals surface area contributed by atoms with Gasteiger partial charge in [0.25, 0.3) is 0 Å². The Morgan fingerprint density at radius 1 is 1.47 bits per heavy atom. The van der Waals surface area contributed by atoms with E-state index in [2.05, 4.69) is 31.5 Å². The van der Waals surface area contributed by atoms with Gasteiger partial charge in [0.2, 0.25) is 5.91 Å². The number of hydrogen-bond acceptors (Lipinski definition) is 3. The van der Waals surface area contributed by atoms with Crippen LogP contribution in [0.25, 0.3) is 0 Å². The standard InChI is InChI=1S/C14H18BrN3O/c1-9-11(2-3-12(15)17-9)18-13(19)10-8-14(10)4-6-16-7-5-14/h2-3,10,16H,4-8H2,1H3,(H,18,19). The van der Waals surface area contributed by atoms with Gasteiger partial charge in [0, 0.05) is 5.92 Å². The molecule has 19 heavy (non-hydrogen) atoms. The quantitative estimate of drug-likeness (QED) is 0.822. The molecule has 1 atom stereocenters. The third-order valence-electron chi connectivity index (χ3n) is 4.42. The molecule has 2 N–H and O–H groups in total. The summed E-state index contributed by atoms with van der Waals surface area (Å²) in [6.45, 7) is 4.00. The molecule has 1 aliphatic carbocycles. The zero-order chi connectivity index (χ0) is 13.5. The smallest absolute Gasteiger partial charge is 0.228 e. The summed E-state index contributed by atoms with van der Waals surface area (Å²) in [5.41, 5.74) is 1.96. The molecule has 4 nitrogen and oxygen atoms in total. The van der Waals surface area contributed by atoms with E-state index in [1.807, 2.05) is 19.1 Å². The average molecular weight is 324 g/mol. The highest BCUT2D eigenvalue weighted by atomic mass is 79.9. The summed E-state index contributed by atoms with van der Waals surface area (Å²) in [5, 5.41) is 6.39. The summed E-state index contributed by atoms with van der Waals surface area (Å²) in [5.74, 6) is 0.353. The Bertz CT molecular complexity index is 511. The van der Waals surface area contributed by atoms with Crippen molar-refractivity contribution >= 4 is 27.5 Å². The normalized spacial score (nSPS) is 24.2. The summed E-state index contributed by atoms with van der Waals surface area (Å²) in [6.07, 6.45) is 3.30. The van der Waals surface area contributed by atoms with E-state index >= 15 is 0 Å². The number of pyridine rings is 1. The molecule has 1 aromatic rings. The summed E-state index contributed by atoms with van der Waals surface area (Å²) in [4.78, 5) is 16.6. The molecule has 1 aliphatic heterocycles. The summed E-state index contributed by atoms with van der Waals surface area (Å²) < 4.78 is 0.796. The number of nitrogens with one attached hydrogen (secondary N) is 2. The third-order valence-corrected chi connectivity index (χ3v) is 4.86. The summed E-state index contributed by atoms with van der Waals surface area (Å²) in [7, 11) is 0. The van der Waals surface area contributed by atoms with Crippen LogP contribution < -0.4 is 10.6 Å². The second-order valence-electron chi connectivity index (χ2n) is 5.63. The molecule has 1 saturated heterocycles. The van der Waals surface area contributed by atoms with E-state index in [-0.39, 0.29) is 17.2 Å². The molecule has 2 heterocycles. The first-order chi connectivity index (χ1) is 9.11. The Hall–Kier alpha value is -0.940. The molecule has 1 unspecified atom stereocenters. The summed E-state index contributed by atoms with van der Waals surface area (Å²) >= 11 is 3.33. The van der Waals surface area contributed by atoms with Crippen LogP contribution in [0.4, 0.5) is 5.69 Å². The lowest BCUT2D eigenvalue weighted by atomic mass is 9.92. The van der Waals surface area contributed by atoms with E-state index in [0.29, 0.717) is 0 Å². The summed E-state index contributed by atoms with van der Waals surface area (Å²) in [6, 6.07) is 3.76. The van der Waals surface area contributed by atoms with Crippen molar-refractivity contribution in [2.24, 2.45) is 11.3 Å². The van der Waals surface area contributed by atoms with Gasteiger partial charge in [-0.3, -0.25) is 4.79 Å². The molecule has 1 aromatic heterocycles. The number of nitrogens with zero attached hydrogens (tertiary/aromatic N) is 1. The lowest BCUT2D eigenvalue weighted by Gasteiger charge is -2.23. The topological polar surface area (TPSA) is 54.0 Å². The van der Waals surface area contributed by atoms with Crippen molar-refractivity contribution in [2.45, 2.75) is 26.2 Å². The largest absolute Gasteiger partial charge is 0.324 e. The van der Waals surface area contributed by atoms with E-state index in [1.165, 1.54) is 0 Å². The van der Waals surface area contributed by atoms with Crippen LogP contribution in [0.2, 0.25) is 0 Å². The van der Waals surface area contributed by atoms with Crippen molar-refractivity contribution in [2.75, 3.05) is 18.4 Å². The van der Waals surface area contributed by atoms with E-state index in [0.717, 1.165) is 48.3 Å². The highest BCUT2D eigenvalue weighted by Gasteiger charge is 2.57.